The highest BCUT2D eigenvalue weighted by molar-refractivity contribution is 7.16. The Morgan fingerprint density at radius 2 is 1.96 bits per heavy atom. The van der Waals surface area contributed by atoms with Crippen LogP contribution in [0.3, 0.4) is 0 Å². The van der Waals surface area contributed by atoms with Gasteiger partial charge in [0.05, 0.1) is 27.4 Å². The normalized spacial score (nSPS) is 12.1. The standard InChI is InChI=1S/C17H13ClF2N2O2S/c1-24-7-6-22-14-5-3-11(20)9-15(14)25-17(22)21-16(23)12-4-2-10(19)8-13(12)18/h2-5,8-9H,6-7H2,1H3. The van der Waals surface area contributed by atoms with E-state index in [1.165, 1.54) is 29.5 Å². The molecular weight excluding hydrogens is 370 g/mol. The summed E-state index contributed by atoms with van der Waals surface area (Å²) in [4.78, 5) is 16.9. The Bertz CT molecular complexity index is 1010. The second-order valence-electron chi connectivity index (χ2n) is 5.18. The summed E-state index contributed by atoms with van der Waals surface area (Å²) < 4.78 is 34.1. The summed E-state index contributed by atoms with van der Waals surface area (Å²) in [5.74, 6) is -1.50. The lowest BCUT2D eigenvalue weighted by atomic mass is 10.2. The van der Waals surface area contributed by atoms with E-state index in [-0.39, 0.29) is 16.4 Å². The van der Waals surface area contributed by atoms with Crippen LogP contribution < -0.4 is 4.80 Å². The highest BCUT2D eigenvalue weighted by Crippen LogP contribution is 2.20. The van der Waals surface area contributed by atoms with Gasteiger partial charge in [-0.25, -0.2) is 8.78 Å². The van der Waals surface area contributed by atoms with E-state index in [0.717, 1.165) is 17.6 Å². The summed E-state index contributed by atoms with van der Waals surface area (Å²) in [6, 6.07) is 7.86. The molecule has 0 aliphatic heterocycles. The average Bonchev–Trinajstić information content (AvgIpc) is 2.88. The molecule has 3 rings (SSSR count). The lowest BCUT2D eigenvalue weighted by Gasteiger charge is -2.04. The number of benzene rings is 2. The summed E-state index contributed by atoms with van der Waals surface area (Å²) >= 11 is 7.10. The molecule has 130 valence electrons. The zero-order chi connectivity index (χ0) is 18.0. The molecular formula is C17H13ClF2N2O2S. The monoisotopic (exact) mass is 382 g/mol. The van der Waals surface area contributed by atoms with E-state index >= 15 is 0 Å². The lowest BCUT2D eigenvalue weighted by Crippen LogP contribution is -2.19. The summed E-state index contributed by atoms with van der Waals surface area (Å²) in [5.41, 5.74) is 0.852. The third-order valence-electron chi connectivity index (χ3n) is 3.52. The second kappa shape index (κ2) is 7.43. The smallest absolute Gasteiger partial charge is 0.281 e. The minimum Gasteiger partial charge on any atom is -0.383 e. The van der Waals surface area contributed by atoms with Crippen LogP contribution in [0.25, 0.3) is 10.2 Å². The predicted octanol–water partition coefficient (Wildman–Crippen LogP) is 4.02. The maximum atomic E-state index is 13.5. The molecule has 1 heterocycles. The molecule has 0 atom stereocenters. The number of halogens is 3. The SMILES string of the molecule is COCCn1c(=NC(=O)c2ccc(F)cc2Cl)sc2cc(F)ccc21. The first-order valence-electron chi connectivity index (χ1n) is 7.31. The van der Waals surface area contributed by atoms with Gasteiger partial charge in [0.1, 0.15) is 11.6 Å². The van der Waals surface area contributed by atoms with Gasteiger partial charge in [0, 0.05) is 13.7 Å². The summed E-state index contributed by atoms with van der Waals surface area (Å²) in [6.45, 7) is 0.854. The highest BCUT2D eigenvalue weighted by atomic mass is 35.5. The van der Waals surface area contributed by atoms with E-state index in [2.05, 4.69) is 4.99 Å². The molecule has 1 aromatic heterocycles. The predicted molar refractivity (Wildman–Crippen MR) is 93.0 cm³/mol. The molecule has 0 radical (unpaired) electrons. The molecule has 0 saturated carbocycles. The zero-order valence-electron chi connectivity index (χ0n) is 13.1. The van der Waals surface area contributed by atoms with E-state index in [0.29, 0.717) is 22.7 Å². The number of rotatable bonds is 4. The van der Waals surface area contributed by atoms with Gasteiger partial charge in [0.2, 0.25) is 0 Å². The van der Waals surface area contributed by atoms with Crippen molar-refractivity contribution >= 4 is 39.1 Å². The number of thiazole rings is 1. The molecule has 0 aliphatic rings. The van der Waals surface area contributed by atoms with Crippen molar-refractivity contribution in [2.75, 3.05) is 13.7 Å². The Hall–Kier alpha value is -2.09. The van der Waals surface area contributed by atoms with E-state index < -0.39 is 11.7 Å². The van der Waals surface area contributed by atoms with E-state index in [1.54, 1.807) is 17.7 Å². The van der Waals surface area contributed by atoms with Gasteiger partial charge in [-0.2, -0.15) is 4.99 Å². The first-order chi connectivity index (χ1) is 12.0. The summed E-state index contributed by atoms with van der Waals surface area (Å²) in [5, 5.41) is -0.00986. The van der Waals surface area contributed by atoms with Crippen LogP contribution in [0.15, 0.2) is 41.4 Å². The fourth-order valence-electron chi connectivity index (χ4n) is 2.34. The zero-order valence-corrected chi connectivity index (χ0v) is 14.7. The van der Waals surface area contributed by atoms with E-state index in [9.17, 15) is 13.6 Å². The molecule has 4 nitrogen and oxygen atoms in total. The van der Waals surface area contributed by atoms with Gasteiger partial charge in [0.15, 0.2) is 4.80 Å². The number of hydrogen-bond acceptors (Lipinski definition) is 3. The molecule has 3 aromatic rings. The number of nitrogens with zero attached hydrogens (tertiary/aromatic N) is 2. The fraction of sp³-hybridized carbons (Fsp3) is 0.176. The first-order valence-corrected chi connectivity index (χ1v) is 8.51. The molecule has 0 N–H and O–H groups in total. The number of methoxy groups -OCH3 is 1. The largest absolute Gasteiger partial charge is 0.383 e. The highest BCUT2D eigenvalue weighted by Gasteiger charge is 2.13. The van der Waals surface area contributed by atoms with Gasteiger partial charge in [-0.15, -0.1) is 0 Å². The summed E-state index contributed by atoms with van der Waals surface area (Å²) in [6.07, 6.45) is 0. The number of carbonyl (C=O) groups is 1. The van der Waals surface area contributed by atoms with Crippen LogP contribution in [0.2, 0.25) is 5.02 Å². The molecule has 0 spiro atoms. The minimum absolute atomic E-state index is 0.00986. The molecule has 0 saturated heterocycles. The van der Waals surface area contributed by atoms with Crippen LogP contribution in [0.4, 0.5) is 8.78 Å². The Kier molecular flexibility index (Phi) is 5.27. The van der Waals surface area contributed by atoms with Crippen LogP contribution in [-0.2, 0) is 11.3 Å². The van der Waals surface area contributed by atoms with E-state index in [4.69, 9.17) is 16.3 Å². The van der Waals surface area contributed by atoms with Gasteiger partial charge in [-0.05, 0) is 36.4 Å². The quantitative estimate of drug-likeness (QED) is 0.684. The first kappa shape index (κ1) is 17.7. The van der Waals surface area contributed by atoms with Crippen molar-refractivity contribution in [3.05, 3.63) is 63.4 Å². The average molecular weight is 383 g/mol. The van der Waals surface area contributed by atoms with Crippen molar-refractivity contribution in [1.29, 1.82) is 0 Å². The molecule has 1 amide bonds. The fourth-order valence-corrected chi connectivity index (χ4v) is 3.67. The Labute approximate surface area is 151 Å². The van der Waals surface area contributed by atoms with Gasteiger partial charge in [0.25, 0.3) is 5.91 Å². The van der Waals surface area contributed by atoms with Gasteiger partial charge in [-0.3, -0.25) is 4.79 Å². The minimum atomic E-state index is -0.594. The third kappa shape index (κ3) is 3.78. The molecule has 8 heteroatoms. The van der Waals surface area contributed by atoms with Crippen molar-refractivity contribution in [1.82, 2.24) is 4.57 Å². The molecule has 2 aromatic carbocycles. The van der Waals surface area contributed by atoms with Gasteiger partial charge in [-0.1, -0.05) is 22.9 Å². The van der Waals surface area contributed by atoms with Crippen LogP contribution in [0, 0.1) is 11.6 Å². The Morgan fingerprint density at radius 1 is 1.24 bits per heavy atom. The third-order valence-corrected chi connectivity index (χ3v) is 4.88. The van der Waals surface area contributed by atoms with Crippen LogP contribution in [0.5, 0.6) is 0 Å². The molecule has 0 bridgehead atoms. The Morgan fingerprint density at radius 3 is 2.68 bits per heavy atom. The van der Waals surface area contributed by atoms with Crippen molar-refractivity contribution in [3.8, 4) is 0 Å². The molecule has 0 fully saturated rings. The number of carbonyl (C=O) groups excluding carboxylic acids is 1. The Balaban J connectivity index is 2.12. The van der Waals surface area contributed by atoms with E-state index in [1.807, 2.05) is 0 Å². The number of hydrogen-bond donors (Lipinski definition) is 0. The van der Waals surface area contributed by atoms with Gasteiger partial charge >= 0.3 is 0 Å². The van der Waals surface area contributed by atoms with Gasteiger partial charge < -0.3 is 9.30 Å². The van der Waals surface area contributed by atoms with Crippen LogP contribution >= 0.6 is 22.9 Å². The van der Waals surface area contributed by atoms with Crippen LogP contribution in [0.1, 0.15) is 10.4 Å². The second-order valence-corrected chi connectivity index (χ2v) is 6.60. The maximum Gasteiger partial charge on any atom is 0.281 e. The summed E-state index contributed by atoms with van der Waals surface area (Å²) in [7, 11) is 1.56. The number of ether oxygens (including phenoxy) is 1. The van der Waals surface area contributed by atoms with Crippen molar-refractivity contribution in [2.45, 2.75) is 6.54 Å². The number of fused-ring (bicyclic) bond motifs is 1. The number of aromatic nitrogens is 1. The van der Waals surface area contributed by atoms with Crippen molar-refractivity contribution in [2.24, 2.45) is 4.99 Å². The molecule has 25 heavy (non-hydrogen) atoms. The lowest BCUT2D eigenvalue weighted by molar-refractivity contribution is 0.0997. The maximum absolute atomic E-state index is 13.5. The van der Waals surface area contributed by atoms with Crippen LogP contribution in [-0.4, -0.2) is 24.2 Å². The molecule has 0 unspecified atom stereocenters. The van der Waals surface area contributed by atoms with Crippen molar-refractivity contribution < 1.29 is 18.3 Å². The topological polar surface area (TPSA) is 43.6 Å². The molecule has 0 aliphatic carbocycles. The number of amides is 1. The van der Waals surface area contributed by atoms with Crippen molar-refractivity contribution in [3.63, 3.8) is 0 Å².